The van der Waals surface area contributed by atoms with Crippen molar-refractivity contribution in [1.82, 2.24) is 0 Å². The predicted octanol–water partition coefficient (Wildman–Crippen LogP) is 35.2. The summed E-state index contributed by atoms with van der Waals surface area (Å²) in [6, 6.07) is 208. The summed E-state index contributed by atoms with van der Waals surface area (Å²) in [6.45, 7) is -0.250. The lowest BCUT2D eigenvalue weighted by Crippen LogP contribution is -2.17. The van der Waals surface area contributed by atoms with E-state index in [1.165, 1.54) is 11.1 Å². The van der Waals surface area contributed by atoms with Crippen molar-refractivity contribution in [1.29, 1.82) is 0 Å². The van der Waals surface area contributed by atoms with Gasteiger partial charge in [0.05, 0.1) is 22.7 Å². The summed E-state index contributed by atoms with van der Waals surface area (Å²) < 4.78 is 0. The van der Waals surface area contributed by atoms with Gasteiger partial charge in [0.1, 0.15) is 0 Å². The van der Waals surface area contributed by atoms with Crippen molar-refractivity contribution in [3.63, 3.8) is 0 Å². The zero-order valence-corrected chi connectivity index (χ0v) is 79.2. The van der Waals surface area contributed by atoms with Gasteiger partial charge in [0.15, 0.2) is 0 Å². The Bertz CT molecular complexity index is 6650. The number of para-hydroxylation sites is 8. The smallest absolute Gasteiger partial charge is 0.290 e. The Balaban J connectivity index is 0.000000228. The van der Waals surface area contributed by atoms with E-state index in [2.05, 4.69) is 590 Å². The van der Waals surface area contributed by atoms with Crippen LogP contribution in [-0.4, -0.2) is 24.0 Å². The maximum absolute atomic E-state index is 8.36. The van der Waals surface area contributed by atoms with Crippen LogP contribution in [0.3, 0.4) is 0 Å². The second-order valence-corrected chi connectivity index (χ2v) is 34.9. The molecule has 9 heteroatoms. The highest BCUT2D eigenvalue weighted by atomic mass is 16.3. The Morgan fingerprint density at radius 1 is 0.188 bits per heavy atom. The highest BCUT2D eigenvalue weighted by molar-refractivity contribution is 6.18. The van der Waals surface area contributed by atoms with Crippen LogP contribution in [0.15, 0.2) is 592 Å². The Labute approximate surface area is 846 Å². The number of aliphatic imine (C=N–C) groups is 2. The second-order valence-electron chi connectivity index (χ2n) is 34.9. The van der Waals surface area contributed by atoms with Crippen molar-refractivity contribution >= 4 is 104 Å². The lowest BCUT2D eigenvalue weighted by molar-refractivity contribution is -0.122. The van der Waals surface area contributed by atoms with Crippen LogP contribution in [0.4, 0.5) is 85.3 Å². The van der Waals surface area contributed by atoms with Crippen molar-refractivity contribution in [2.24, 2.45) is 9.98 Å². The minimum Gasteiger partial charge on any atom is -0.483 e. The lowest BCUT2D eigenvalue weighted by Gasteiger charge is -2.33. The molecule has 0 aliphatic rings. The number of nitrogens with two attached hydrogens (primary N) is 1. The van der Waals surface area contributed by atoms with Crippen LogP contribution in [0.2, 0.25) is 0 Å². The molecule has 0 fully saturated rings. The summed E-state index contributed by atoms with van der Waals surface area (Å²) in [7, 11) is 0. The number of hydrogen-bond donors (Lipinski definition) is 2. The molecule has 21 aromatic rings. The van der Waals surface area contributed by atoms with Crippen molar-refractivity contribution in [2.45, 2.75) is 37.0 Å². The maximum atomic E-state index is 8.36. The SMILES string of the molecule is C.C(C=Nc1c(C(c2ccccc2)c2ccccc2)cc(N(c2ccccc2)c2ccccc2)cc1C(c1ccccc1)c1ccccc1)=Nc1c(C(c2ccccc2)c2ccccc2)cc(N(c2ccccc2)c2ccccc2)cc1C(c1ccccc1)c1ccccc1.Nc1c(C(c2ccccc2)c2ccccc2)cc(N(c2ccccc2)c2ccccc2)cc1N(c1ccccc1)c1ccccc1.O=CO. The van der Waals surface area contributed by atoms with Gasteiger partial charge in [-0.15, -0.1) is 0 Å². The minimum atomic E-state index is -0.250. The largest absolute Gasteiger partial charge is 0.483 e. The molecule has 0 aromatic heterocycles. The first-order chi connectivity index (χ1) is 70.9. The van der Waals surface area contributed by atoms with Crippen LogP contribution >= 0.6 is 0 Å². The number of anilines is 13. The van der Waals surface area contributed by atoms with E-state index < -0.39 is 0 Å². The van der Waals surface area contributed by atoms with Crippen LogP contribution in [0.5, 0.6) is 0 Å². The summed E-state index contributed by atoms with van der Waals surface area (Å²) >= 11 is 0. The highest BCUT2D eigenvalue weighted by Crippen LogP contribution is 2.54. The minimum absolute atomic E-state index is 0. The fourth-order valence-electron chi connectivity index (χ4n) is 19.8. The molecule has 0 spiro atoms. The van der Waals surface area contributed by atoms with Gasteiger partial charge in [-0.05, 0) is 217 Å². The van der Waals surface area contributed by atoms with E-state index in [-0.39, 0.29) is 43.5 Å². The third kappa shape index (κ3) is 22.2. The molecule has 0 radical (unpaired) electrons. The first-order valence-corrected chi connectivity index (χ1v) is 48.4. The van der Waals surface area contributed by atoms with Gasteiger partial charge in [-0.1, -0.05) is 456 Å². The van der Waals surface area contributed by atoms with E-state index in [1.807, 2.05) is 24.6 Å². The van der Waals surface area contributed by atoms with Crippen molar-refractivity contribution < 1.29 is 9.90 Å². The average molecular weight is 1860 g/mol. The van der Waals surface area contributed by atoms with Crippen LogP contribution < -0.4 is 25.3 Å². The Kier molecular flexibility index (Phi) is 31.7. The molecule has 0 aliphatic carbocycles. The normalized spacial score (nSPS) is 11.1. The lowest BCUT2D eigenvalue weighted by atomic mass is 9.78. The molecule has 698 valence electrons. The van der Waals surface area contributed by atoms with Gasteiger partial charge in [-0.25, -0.2) is 0 Å². The van der Waals surface area contributed by atoms with Gasteiger partial charge >= 0.3 is 0 Å². The number of carbonyl (C=O) groups is 1. The molecule has 0 atom stereocenters. The molecule has 0 aliphatic heterocycles. The molecular formula is C135H111N7O2. The third-order valence-corrected chi connectivity index (χ3v) is 26.0. The summed E-state index contributed by atoms with van der Waals surface area (Å²) in [5, 5.41) is 6.89. The van der Waals surface area contributed by atoms with Gasteiger partial charge in [0, 0.05) is 105 Å². The molecule has 21 rings (SSSR count). The summed E-state index contributed by atoms with van der Waals surface area (Å²) in [5.74, 6) is -1.08. The first kappa shape index (κ1) is 95.7. The molecule has 0 unspecified atom stereocenters. The number of benzene rings is 21. The zero-order chi connectivity index (χ0) is 96.9. The van der Waals surface area contributed by atoms with Gasteiger partial charge < -0.3 is 30.4 Å². The zero-order valence-electron chi connectivity index (χ0n) is 79.2. The number of nitrogen functional groups attached to an aromatic ring is 1. The van der Waals surface area contributed by atoms with Gasteiger partial charge in [0.25, 0.3) is 6.47 Å². The molecule has 21 aromatic carbocycles. The number of nitrogens with zero attached hydrogens (tertiary/aromatic N) is 6. The topological polar surface area (TPSA) is 101 Å². The van der Waals surface area contributed by atoms with Crippen molar-refractivity contribution in [3.8, 4) is 0 Å². The maximum Gasteiger partial charge on any atom is 0.290 e. The number of carboxylic acid groups (broad SMARTS) is 1. The highest BCUT2D eigenvalue weighted by Gasteiger charge is 2.34. The standard InChI is InChI=1S/C90H70N4.C43H35N3.CH2O2.CH4/c1-13-37-67(38-14-1)85(68-39-15-2-16-40-68)81-63-79(93(75-53-29-9-30-54-75)76-55-31-10-32-56-76)64-82(86(69-41-17-3-18-42-69)70-43-19-4-20-44-70)89(81)91-61-62-92-90-83(87(71-45-21-5-22-46-71)72-47-23-6-24-48-72)65-80(94(77-57-33-11-34-58-77)78-59-35-12-36-60-78)66-84(90)88(73-49-25-7-26-50-73)74-51-27-8-28-52-74;44-43-40(42(33-19-7-1-8-20-33)34-21-9-2-10-22-34)31-39(45(35-23-11-3-12-24-35)36-25-13-4-14-26-36)32-41(43)46(37-27-15-5-16-28-37)38-29-17-6-18-30-38;2-1-3;/h1-66,85-88H;1-32,42H,44H2;1H,(H,2,3);1H4. The molecule has 0 heterocycles. The number of rotatable bonds is 30. The summed E-state index contributed by atoms with van der Waals surface area (Å²) in [4.78, 5) is 29.5. The van der Waals surface area contributed by atoms with E-state index in [0.717, 1.165) is 158 Å². The molecule has 0 saturated carbocycles. The quantitative estimate of drug-likeness (QED) is 0.0200. The Morgan fingerprint density at radius 3 is 0.486 bits per heavy atom. The molecule has 9 nitrogen and oxygen atoms in total. The van der Waals surface area contributed by atoms with Gasteiger partial charge in [-0.2, -0.15) is 0 Å². The molecule has 0 saturated heterocycles. The molecular weight excluding hydrogens is 1750 g/mol. The average Bonchev–Trinajstić information content (AvgIpc) is 0.751. The van der Waals surface area contributed by atoms with E-state index >= 15 is 0 Å². The van der Waals surface area contributed by atoms with E-state index in [0.29, 0.717) is 0 Å². The second kappa shape index (κ2) is 47.7. The van der Waals surface area contributed by atoms with Crippen molar-refractivity contribution in [2.75, 3.05) is 25.3 Å². The third-order valence-electron chi connectivity index (χ3n) is 26.0. The van der Waals surface area contributed by atoms with Crippen LogP contribution in [0.1, 0.15) is 120 Å². The Hall–Kier alpha value is -18.6. The molecule has 3 N–H and O–H groups in total. The molecule has 144 heavy (non-hydrogen) atoms. The van der Waals surface area contributed by atoms with Gasteiger partial charge in [0.2, 0.25) is 0 Å². The summed E-state index contributed by atoms with van der Waals surface area (Å²) in [5.41, 5.74) is 39.0. The Morgan fingerprint density at radius 2 is 0.319 bits per heavy atom. The molecule has 0 amide bonds. The molecule has 0 bridgehead atoms. The number of hydrogen-bond acceptors (Lipinski definition) is 8. The predicted molar refractivity (Wildman–Crippen MR) is 603 cm³/mol. The van der Waals surface area contributed by atoms with Crippen LogP contribution in [0, 0.1) is 0 Å². The van der Waals surface area contributed by atoms with E-state index in [1.54, 1.807) is 0 Å². The fraction of sp³-hybridized carbons (Fsp3) is 0.0444. The first-order valence-electron chi connectivity index (χ1n) is 48.4. The monoisotopic (exact) mass is 1860 g/mol. The van der Waals surface area contributed by atoms with Crippen LogP contribution in [-0.2, 0) is 4.79 Å². The van der Waals surface area contributed by atoms with Crippen LogP contribution in [0.25, 0.3) is 0 Å². The fourth-order valence-corrected chi connectivity index (χ4v) is 19.8. The summed E-state index contributed by atoms with van der Waals surface area (Å²) in [6.07, 6.45) is 3.91. The van der Waals surface area contributed by atoms with E-state index in [4.69, 9.17) is 25.6 Å². The van der Waals surface area contributed by atoms with E-state index in [9.17, 15) is 0 Å². The van der Waals surface area contributed by atoms with Gasteiger partial charge in [-0.3, -0.25) is 14.8 Å². The van der Waals surface area contributed by atoms with Crippen molar-refractivity contribution in [3.05, 3.63) is 666 Å².